The quantitative estimate of drug-likeness (QED) is 0.861. The van der Waals surface area contributed by atoms with Gasteiger partial charge in [0.15, 0.2) is 0 Å². The van der Waals surface area contributed by atoms with E-state index in [-0.39, 0.29) is 24.2 Å². The summed E-state index contributed by atoms with van der Waals surface area (Å²) < 4.78 is 19.9. The first-order valence-corrected chi connectivity index (χ1v) is 10.3. The van der Waals surface area contributed by atoms with Gasteiger partial charge in [0, 0.05) is 31.7 Å². The van der Waals surface area contributed by atoms with Crippen molar-refractivity contribution in [1.29, 1.82) is 0 Å². The Bertz CT molecular complexity index is 824. The molecule has 5 nitrogen and oxygen atoms in total. The van der Waals surface area contributed by atoms with E-state index in [9.17, 15) is 14.3 Å². The van der Waals surface area contributed by atoms with Crippen LogP contribution in [0.15, 0.2) is 54.6 Å². The molecular formula is C23H27FN2O3. The van der Waals surface area contributed by atoms with Crippen molar-refractivity contribution >= 4 is 5.91 Å². The van der Waals surface area contributed by atoms with Crippen LogP contribution >= 0.6 is 0 Å². The number of amides is 1. The molecule has 29 heavy (non-hydrogen) atoms. The number of ether oxygens (including phenoxy) is 1. The molecule has 2 aliphatic heterocycles. The van der Waals surface area contributed by atoms with E-state index in [0.717, 1.165) is 31.5 Å². The number of benzene rings is 2. The first-order valence-electron chi connectivity index (χ1n) is 10.3. The monoisotopic (exact) mass is 398 g/mol. The van der Waals surface area contributed by atoms with Crippen molar-refractivity contribution in [2.45, 2.75) is 31.1 Å². The number of nitrogens with zero attached hydrogens (tertiary/aromatic N) is 2. The maximum absolute atomic E-state index is 13.7. The molecule has 2 heterocycles. The minimum atomic E-state index is -0.413. The predicted molar refractivity (Wildman–Crippen MR) is 108 cm³/mol. The Morgan fingerprint density at radius 3 is 2.55 bits per heavy atom. The van der Waals surface area contributed by atoms with Gasteiger partial charge in [0.1, 0.15) is 5.82 Å². The lowest BCUT2D eigenvalue weighted by atomic mass is 9.95. The van der Waals surface area contributed by atoms with Gasteiger partial charge in [0.05, 0.1) is 24.9 Å². The molecule has 0 saturated carbocycles. The van der Waals surface area contributed by atoms with Gasteiger partial charge in [-0.2, -0.15) is 0 Å². The highest BCUT2D eigenvalue weighted by Gasteiger charge is 2.38. The van der Waals surface area contributed by atoms with Crippen molar-refractivity contribution in [3.63, 3.8) is 0 Å². The van der Waals surface area contributed by atoms with Gasteiger partial charge in [-0.3, -0.25) is 4.79 Å². The Hall–Kier alpha value is -2.28. The van der Waals surface area contributed by atoms with E-state index in [1.807, 2.05) is 35.2 Å². The van der Waals surface area contributed by atoms with E-state index in [4.69, 9.17) is 4.74 Å². The van der Waals surface area contributed by atoms with Crippen molar-refractivity contribution in [2.24, 2.45) is 0 Å². The van der Waals surface area contributed by atoms with Crippen LogP contribution in [0.2, 0.25) is 0 Å². The van der Waals surface area contributed by atoms with Crippen LogP contribution in [0, 0.1) is 5.82 Å². The summed E-state index contributed by atoms with van der Waals surface area (Å²) in [6.07, 6.45) is 1.11. The Labute approximate surface area is 170 Å². The van der Waals surface area contributed by atoms with Crippen LogP contribution in [-0.4, -0.2) is 65.8 Å². The Morgan fingerprint density at radius 2 is 1.83 bits per heavy atom. The van der Waals surface area contributed by atoms with Crippen LogP contribution in [0.25, 0.3) is 0 Å². The molecule has 1 N–H and O–H groups in total. The number of carbonyl (C=O) groups excluding carboxylic acids is 1. The van der Waals surface area contributed by atoms with E-state index in [1.165, 1.54) is 12.1 Å². The van der Waals surface area contributed by atoms with Gasteiger partial charge in [-0.25, -0.2) is 4.39 Å². The number of carbonyl (C=O) groups is 1. The largest absolute Gasteiger partial charge is 0.393 e. The Balaban J connectivity index is 1.60. The second kappa shape index (κ2) is 9.03. The zero-order chi connectivity index (χ0) is 20.2. The molecule has 2 aromatic carbocycles. The number of rotatable bonds is 4. The van der Waals surface area contributed by atoms with E-state index in [1.54, 1.807) is 12.1 Å². The molecule has 154 valence electrons. The van der Waals surface area contributed by atoms with Gasteiger partial charge in [-0.15, -0.1) is 0 Å². The number of aliphatic hydroxyl groups is 1. The maximum Gasteiger partial charge on any atom is 0.254 e. The second-order valence-corrected chi connectivity index (χ2v) is 7.81. The number of hydrogen-bond acceptors (Lipinski definition) is 4. The van der Waals surface area contributed by atoms with Crippen molar-refractivity contribution in [1.82, 2.24) is 9.80 Å². The minimum Gasteiger partial charge on any atom is -0.393 e. The highest BCUT2D eigenvalue weighted by Crippen LogP contribution is 2.32. The average Bonchev–Trinajstić information content (AvgIpc) is 2.75. The highest BCUT2D eigenvalue weighted by atomic mass is 19.1. The number of likely N-dealkylation sites (tertiary alicyclic amines) is 1. The third kappa shape index (κ3) is 4.66. The van der Waals surface area contributed by atoms with Gasteiger partial charge in [-0.05, 0) is 36.6 Å². The lowest BCUT2D eigenvalue weighted by Crippen LogP contribution is -2.52. The summed E-state index contributed by atoms with van der Waals surface area (Å²) >= 11 is 0. The molecule has 2 aromatic rings. The summed E-state index contributed by atoms with van der Waals surface area (Å²) in [6.45, 7) is 3.25. The minimum absolute atomic E-state index is 0.180. The van der Waals surface area contributed by atoms with Gasteiger partial charge in [0.25, 0.3) is 5.91 Å². The third-order valence-corrected chi connectivity index (χ3v) is 5.82. The highest BCUT2D eigenvalue weighted by molar-refractivity contribution is 5.94. The molecule has 2 atom stereocenters. The van der Waals surface area contributed by atoms with Crippen LogP contribution in [0.3, 0.4) is 0 Å². The lowest BCUT2D eigenvalue weighted by molar-refractivity contribution is -0.0770. The van der Waals surface area contributed by atoms with E-state index >= 15 is 0 Å². The molecular weight excluding hydrogens is 371 g/mol. The molecule has 2 aliphatic rings. The smallest absolute Gasteiger partial charge is 0.254 e. The molecule has 6 heteroatoms. The van der Waals surface area contributed by atoms with Crippen LogP contribution < -0.4 is 0 Å². The molecule has 1 amide bonds. The van der Waals surface area contributed by atoms with Crippen molar-refractivity contribution < 1.29 is 19.0 Å². The zero-order valence-electron chi connectivity index (χ0n) is 16.4. The molecule has 0 aromatic heterocycles. The third-order valence-electron chi connectivity index (χ3n) is 5.82. The molecule has 0 spiro atoms. The number of aliphatic hydroxyl groups excluding tert-OH is 1. The van der Waals surface area contributed by atoms with Crippen LogP contribution in [0.1, 0.15) is 34.8 Å². The summed E-state index contributed by atoms with van der Waals surface area (Å²) in [5, 5.41) is 9.78. The summed E-state index contributed by atoms with van der Waals surface area (Å²) in [5.74, 6) is -0.593. The summed E-state index contributed by atoms with van der Waals surface area (Å²) in [7, 11) is 0. The summed E-state index contributed by atoms with van der Waals surface area (Å²) in [4.78, 5) is 17.4. The summed E-state index contributed by atoms with van der Waals surface area (Å²) in [5.41, 5.74) is 1.37. The fourth-order valence-corrected chi connectivity index (χ4v) is 4.30. The van der Waals surface area contributed by atoms with Crippen molar-refractivity contribution in [3.8, 4) is 0 Å². The second-order valence-electron chi connectivity index (χ2n) is 7.81. The molecule has 0 aliphatic carbocycles. The first-order chi connectivity index (χ1) is 14.1. The molecule has 2 saturated heterocycles. The first kappa shape index (κ1) is 20.0. The Kier molecular flexibility index (Phi) is 6.23. The van der Waals surface area contributed by atoms with E-state index in [0.29, 0.717) is 25.3 Å². The maximum atomic E-state index is 13.7. The number of halogens is 1. The Morgan fingerprint density at radius 1 is 1.07 bits per heavy atom. The van der Waals surface area contributed by atoms with Crippen LogP contribution in [0.5, 0.6) is 0 Å². The SMILES string of the molecule is O=C(c1cccc(F)c1)N1CCO[C@@H](CN2CCC(O)CC2)[C@@H]1c1ccccc1. The van der Waals surface area contributed by atoms with Crippen molar-refractivity contribution in [2.75, 3.05) is 32.8 Å². The number of piperidine rings is 1. The van der Waals surface area contributed by atoms with Crippen LogP contribution in [-0.2, 0) is 4.74 Å². The molecule has 0 unspecified atom stereocenters. The van der Waals surface area contributed by atoms with Crippen molar-refractivity contribution in [3.05, 3.63) is 71.5 Å². The topological polar surface area (TPSA) is 53.0 Å². The van der Waals surface area contributed by atoms with Gasteiger partial charge in [-0.1, -0.05) is 36.4 Å². The average molecular weight is 398 g/mol. The molecule has 0 radical (unpaired) electrons. The molecule has 0 bridgehead atoms. The lowest BCUT2D eigenvalue weighted by Gasteiger charge is -2.44. The number of hydrogen-bond donors (Lipinski definition) is 1. The van der Waals surface area contributed by atoms with Gasteiger partial charge >= 0.3 is 0 Å². The molecule has 2 fully saturated rings. The zero-order valence-corrected chi connectivity index (χ0v) is 16.4. The fraction of sp³-hybridized carbons (Fsp3) is 0.435. The van der Waals surface area contributed by atoms with E-state index < -0.39 is 5.82 Å². The number of morpholine rings is 1. The fourth-order valence-electron chi connectivity index (χ4n) is 4.30. The normalized spacial score (nSPS) is 23.9. The van der Waals surface area contributed by atoms with E-state index in [2.05, 4.69) is 4.90 Å². The molecule has 4 rings (SSSR count). The van der Waals surface area contributed by atoms with Crippen LogP contribution in [0.4, 0.5) is 4.39 Å². The van der Waals surface area contributed by atoms with Gasteiger partial charge < -0.3 is 19.6 Å². The standard InChI is InChI=1S/C23H27FN2O3/c24-19-8-4-7-18(15-19)23(28)26-13-14-29-21(16-25-11-9-20(27)10-12-25)22(26)17-5-2-1-3-6-17/h1-8,15,20-22,27H,9-14,16H2/t21-,22-/m0/s1. The van der Waals surface area contributed by atoms with Gasteiger partial charge in [0.2, 0.25) is 0 Å². The predicted octanol–water partition coefficient (Wildman–Crippen LogP) is 2.86. The summed E-state index contributed by atoms with van der Waals surface area (Å²) in [6, 6.07) is 15.5.